The van der Waals surface area contributed by atoms with Gasteiger partial charge in [0, 0.05) is 25.7 Å². The molecule has 31 heavy (non-hydrogen) atoms. The number of aliphatic hydroxyl groups is 1. The Morgan fingerprint density at radius 1 is 1.26 bits per heavy atom. The van der Waals surface area contributed by atoms with Crippen molar-refractivity contribution in [2.75, 3.05) is 43.1 Å². The average molecular weight is 440 g/mol. The van der Waals surface area contributed by atoms with Crippen LogP contribution in [0.1, 0.15) is 19.3 Å². The van der Waals surface area contributed by atoms with Crippen molar-refractivity contribution in [3.63, 3.8) is 0 Å². The summed E-state index contributed by atoms with van der Waals surface area (Å²) in [4.78, 5) is 27.9. The van der Waals surface area contributed by atoms with Crippen LogP contribution in [0, 0.1) is 11.3 Å². The highest BCUT2D eigenvalue weighted by Gasteiger charge is 2.50. The molecule has 9 heteroatoms. The van der Waals surface area contributed by atoms with Gasteiger partial charge in [-0.1, -0.05) is 12.1 Å². The summed E-state index contributed by atoms with van der Waals surface area (Å²) >= 11 is 1.51. The van der Waals surface area contributed by atoms with Crippen molar-refractivity contribution in [1.29, 1.82) is 0 Å². The first-order valence-corrected chi connectivity index (χ1v) is 11.6. The summed E-state index contributed by atoms with van der Waals surface area (Å²) in [6.07, 6.45) is 2.82. The zero-order valence-corrected chi connectivity index (χ0v) is 18.0. The molecule has 2 unspecified atom stereocenters. The van der Waals surface area contributed by atoms with Crippen LogP contribution in [-0.2, 0) is 4.74 Å². The topological polar surface area (TPSA) is 103 Å². The molecule has 6 rings (SSSR count). The molecule has 1 aromatic carbocycles. The van der Waals surface area contributed by atoms with Crippen LogP contribution in [0.3, 0.4) is 0 Å². The van der Waals surface area contributed by atoms with Crippen molar-refractivity contribution in [3.8, 4) is 10.6 Å². The van der Waals surface area contributed by atoms with E-state index < -0.39 is 0 Å². The second-order valence-electron chi connectivity index (χ2n) is 9.15. The summed E-state index contributed by atoms with van der Waals surface area (Å²) in [5, 5.41) is 13.7. The maximum atomic E-state index is 13.3. The molecule has 4 heterocycles. The van der Waals surface area contributed by atoms with E-state index in [2.05, 4.69) is 15.2 Å². The minimum atomic E-state index is -0.172. The molecule has 3 fully saturated rings. The number of H-pyrrole nitrogens is 1. The molecule has 1 spiro atoms. The van der Waals surface area contributed by atoms with Crippen LogP contribution in [0.2, 0.25) is 0 Å². The Balaban J connectivity index is 1.38. The highest BCUT2D eigenvalue weighted by Crippen LogP contribution is 2.40. The molecule has 3 aliphatic rings. The number of nitrogens with zero attached hydrogens (tertiary/aromatic N) is 3. The highest BCUT2D eigenvalue weighted by molar-refractivity contribution is 7.21. The lowest BCUT2D eigenvalue weighted by Gasteiger charge is -2.55. The Hall–Kier alpha value is -2.49. The molecule has 2 aliphatic heterocycles. The quantitative estimate of drug-likeness (QED) is 0.561. The van der Waals surface area contributed by atoms with Gasteiger partial charge in [0.05, 0.1) is 28.8 Å². The first-order chi connectivity index (χ1) is 15.1. The Kier molecular flexibility index (Phi) is 4.52. The van der Waals surface area contributed by atoms with Crippen LogP contribution >= 0.6 is 11.3 Å². The minimum absolute atomic E-state index is 0.172. The Bertz CT molecular complexity index is 1150. The molecular formula is C22H25N5O3S. The van der Waals surface area contributed by atoms with E-state index in [-0.39, 0.29) is 23.6 Å². The summed E-state index contributed by atoms with van der Waals surface area (Å²) < 4.78 is 6.41. The largest absolute Gasteiger partial charge is 0.396 e. The Labute approximate surface area is 183 Å². The fourth-order valence-corrected chi connectivity index (χ4v) is 5.95. The molecule has 2 atom stereocenters. The Morgan fingerprint density at radius 2 is 2.10 bits per heavy atom. The van der Waals surface area contributed by atoms with Crippen LogP contribution in [0.4, 0.5) is 11.8 Å². The van der Waals surface area contributed by atoms with E-state index in [0.29, 0.717) is 28.3 Å². The van der Waals surface area contributed by atoms with E-state index >= 15 is 0 Å². The number of hydrogen-bond donors (Lipinski definition) is 3. The number of benzene rings is 1. The predicted octanol–water partition coefficient (Wildman–Crippen LogP) is 2.46. The van der Waals surface area contributed by atoms with Crippen molar-refractivity contribution >= 4 is 33.3 Å². The van der Waals surface area contributed by atoms with Gasteiger partial charge < -0.3 is 20.1 Å². The summed E-state index contributed by atoms with van der Waals surface area (Å²) in [5.41, 5.74) is 1.44. The molecule has 1 aliphatic carbocycles. The van der Waals surface area contributed by atoms with E-state index in [1.807, 2.05) is 24.3 Å². The molecule has 3 aromatic rings. The average Bonchev–Trinajstić information content (AvgIpc) is 3.32. The minimum Gasteiger partial charge on any atom is -0.396 e. The molecule has 8 nitrogen and oxygen atoms in total. The van der Waals surface area contributed by atoms with Crippen LogP contribution in [0.5, 0.6) is 0 Å². The van der Waals surface area contributed by atoms with Crippen molar-refractivity contribution in [2.24, 2.45) is 11.3 Å². The number of anilines is 2. The van der Waals surface area contributed by atoms with E-state index in [4.69, 9.17) is 14.7 Å². The summed E-state index contributed by atoms with van der Waals surface area (Å²) in [6, 6.07) is 8.10. The lowest BCUT2D eigenvalue weighted by atomic mass is 9.78. The van der Waals surface area contributed by atoms with E-state index in [9.17, 15) is 9.90 Å². The third kappa shape index (κ3) is 3.31. The number of nitrogens with one attached hydrogen (secondary N) is 2. The zero-order chi connectivity index (χ0) is 21.0. The van der Waals surface area contributed by atoms with E-state index in [1.165, 1.54) is 11.3 Å². The number of aromatic nitrogens is 3. The summed E-state index contributed by atoms with van der Waals surface area (Å²) in [7, 11) is 0. The standard InChI is InChI=1S/C22H25N5O3S/c28-8-13-5-6-14(7-13)23-18-17(20-24-15-3-1-2-4-16(15)31-20)19(29)26-21(25-18)27-9-22(10-27)11-30-12-22/h1-4,13-14,28H,5-12H2,(H2,23,25,26,29). The van der Waals surface area contributed by atoms with Crippen LogP contribution < -0.4 is 15.8 Å². The number of rotatable bonds is 5. The van der Waals surface area contributed by atoms with Gasteiger partial charge >= 0.3 is 0 Å². The molecule has 0 bridgehead atoms. The van der Waals surface area contributed by atoms with Crippen molar-refractivity contribution in [1.82, 2.24) is 15.0 Å². The second-order valence-corrected chi connectivity index (χ2v) is 10.2. The summed E-state index contributed by atoms with van der Waals surface area (Å²) in [5.74, 6) is 1.50. The molecular weight excluding hydrogens is 414 g/mol. The maximum Gasteiger partial charge on any atom is 0.264 e. The van der Waals surface area contributed by atoms with Crippen LogP contribution in [0.15, 0.2) is 29.1 Å². The fourth-order valence-electron chi connectivity index (χ4n) is 4.94. The van der Waals surface area contributed by atoms with Crippen LogP contribution in [0.25, 0.3) is 20.8 Å². The molecule has 2 aromatic heterocycles. The third-order valence-electron chi connectivity index (χ3n) is 6.72. The van der Waals surface area contributed by atoms with Gasteiger partial charge in [-0.3, -0.25) is 9.78 Å². The van der Waals surface area contributed by atoms with Gasteiger partial charge in [-0.2, -0.15) is 4.98 Å². The molecule has 0 radical (unpaired) electrons. The number of thiazole rings is 1. The van der Waals surface area contributed by atoms with Crippen molar-refractivity contribution in [2.45, 2.75) is 25.3 Å². The number of aromatic amines is 1. The fraction of sp³-hybridized carbons (Fsp3) is 0.500. The predicted molar refractivity (Wildman–Crippen MR) is 121 cm³/mol. The van der Waals surface area contributed by atoms with E-state index in [0.717, 1.165) is 55.8 Å². The van der Waals surface area contributed by atoms with Gasteiger partial charge in [0.2, 0.25) is 5.95 Å². The van der Waals surface area contributed by atoms with Gasteiger partial charge in [-0.15, -0.1) is 11.3 Å². The smallest absolute Gasteiger partial charge is 0.264 e. The van der Waals surface area contributed by atoms with Crippen molar-refractivity contribution in [3.05, 3.63) is 34.6 Å². The Morgan fingerprint density at radius 3 is 2.81 bits per heavy atom. The number of ether oxygens (including phenoxy) is 1. The summed E-state index contributed by atoms with van der Waals surface area (Å²) in [6.45, 7) is 3.48. The van der Waals surface area contributed by atoms with Gasteiger partial charge in [0.1, 0.15) is 16.4 Å². The maximum absolute atomic E-state index is 13.3. The lowest BCUT2D eigenvalue weighted by Crippen LogP contribution is -2.66. The molecule has 3 N–H and O–H groups in total. The van der Waals surface area contributed by atoms with E-state index in [1.54, 1.807) is 0 Å². The van der Waals surface area contributed by atoms with Gasteiger partial charge in [-0.05, 0) is 37.3 Å². The monoisotopic (exact) mass is 439 g/mol. The van der Waals surface area contributed by atoms with Crippen LogP contribution in [-0.4, -0.2) is 59.0 Å². The first kappa shape index (κ1) is 19.2. The number of fused-ring (bicyclic) bond motifs is 1. The normalized spacial score (nSPS) is 24.4. The van der Waals surface area contributed by atoms with Gasteiger partial charge in [-0.25, -0.2) is 4.98 Å². The first-order valence-electron chi connectivity index (χ1n) is 10.8. The second kappa shape index (κ2) is 7.29. The third-order valence-corrected chi connectivity index (χ3v) is 7.78. The molecule has 162 valence electrons. The van der Waals surface area contributed by atoms with Crippen molar-refractivity contribution < 1.29 is 9.84 Å². The highest BCUT2D eigenvalue weighted by atomic mass is 32.1. The SMILES string of the molecule is O=c1[nH]c(N2CC3(COC3)C2)nc(NC2CCC(CO)C2)c1-c1nc2ccccc2s1. The zero-order valence-electron chi connectivity index (χ0n) is 17.1. The number of hydrogen-bond acceptors (Lipinski definition) is 8. The van der Waals surface area contributed by atoms with Gasteiger partial charge in [0.15, 0.2) is 0 Å². The molecule has 2 saturated heterocycles. The van der Waals surface area contributed by atoms with Gasteiger partial charge in [0.25, 0.3) is 5.56 Å². The molecule has 0 amide bonds. The number of aliphatic hydroxyl groups excluding tert-OH is 1. The number of para-hydroxylation sites is 1. The molecule has 1 saturated carbocycles. The lowest BCUT2D eigenvalue weighted by molar-refractivity contribution is -0.127.